The van der Waals surface area contributed by atoms with Crippen LogP contribution in [0.2, 0.25) is 0 Å². The zero-order chi connectivity index (χ0) is 13.8. The lowest BCUT2D eigenvalue weighted by Crippen LogP contribution is -2.16. The maximum absolute atomic E-state index is 12.3. The Bertz CT molecular complexity index is 608. The fourth-order valence-electron chi connectivity index (χ4n) is 2.54. The minimum atomic E-state index is -0.0452. The Balaban J connectivity index is 1.80. The standard InChI is InChI=1S/C17H18N2O/c20-17(19-16-4-2-1-3-5-16)15-7-6-13-8-10-18-11-9-14(13)12-15/h1-7,12,18H,8-11H2,(H,19,20). The molecule has 3 nitrogen and oxygen atoms in total. The van der Waals surface area contributed by atoms with Crippen molar-refractivity contribution < 1.29 is 4.79 Å². The summed E-state index contributed by atoms with van der Waals surface area (Å²) in [5, 5.41) is 6.31. The molecule has 0 atom stereocenters. The second-order valence-corrected chi connectivity index (χ2v) is 5.05. The highest BCUT2D eigenvalue weighted by Crippen LogP contribution is 2.16. The van der Waals surface area contributed by atoms with Crippen LogP contribution in [0.15, 0.2) is 48.5 Å². The van der Waals surface area contributed by atoms with Gasteiger partial charge in [0.1, 0.15) is 0 Å². The predicted octanol–water partition coefficient (Wildman–Crippen LogP) is 2.63. The highest BCUT2D eigenvalue weighted by atomic mass is 16.1. The topological polar surface area (TPSA) is 41.1 Å². The van der Waals surface area contributed by atoms with Gasteiger partial charge in [-0.1, -0.05) is 24.3 Å². The molecule has 3 heteroatoms. The molecule has 1 aliphatic rings. The van der Waals surface area contributed by atoms with Gasteiger partial charge in [0.05, 0.1) is 0 Å². The van der Waals surface area contributed by atoms with E-state index in [1.807, 2.05) is 42.5 Å². The molecule has 2 aromatic carbocycles. The molecular formula is C17H18N2O. The summed E-state index contributed by atoms with van der Waals surface area (Å²) in [6.45, 7) is 2.00. The first-order valence-corrected chi connectivity index (χ1v) is 7.02. The first kappa shape index (κ1) is 12.9. The summed E-state index contributed by atoms with van der Waals surface area (Å²) >= 11 is 0. The van der Waals surface area contributed by atoms with Gasteiger partial charge in [0, 0.05) is 11.3 Å². The molecule has 0 spiro atoms. The summed E-state index contributed by atoms with van der Waals surface area (Å²) in [4.78, 5) is 12.3. The molecule has 2 N–H and O–H groups in total. The van der Waals surface area contributed by atoms with Crippen LogP contribution < -0.4 is 10.6 Å². The number of rotatable bonds is 2. The average molecular weight is 266 g/mol. The van der Waals surface area contributed by atoms with Gasteiger partial charge in [-0.3, -0.25) is 4.79 Å². The van der Waals surface area contributed by atoms with Gasteiger partial charge in [-0.05, 0) is 61.3 Å². The zero-order valence-corrected chi connectivity index (χ0v) is 11.4. The number of carbonyl (C=O) groups is 1. The molecule has 0 unspecified atom stereocenters. The highest BCUT2D eigenvalue weighted by Gasteiger charge is 2.11. The molecule has 102 valence electrons. The van der Waals surface area contributed by atoms with E-state index in [4.69, 9.17) is 0 Å². The molecule has 20 heavy (non-hydrogen) atoms. The van der Waals surface area contributed by atoms with Crippen LogP contribution in [0.4, 0.5) is 5.69 Å². The lowest BCUT2D eigenvalue weighted by atomic mass is 10.00. The monoisotopic (exact) mass is 266 g/mol. The number of hydrogen-bond acceptors (Lipinski definition) is 2. The van der Waals surface area contributed by atoms with Crippen molar-refractivity contribution in [1.82, 2.24) is 5.32 Å². The molecular weight excluding hydrogens is 248 g/mol. The summed E-state index contributed by atoms with van der Waals surface area (Å²) in [6, 6.07) is 15.6. The Hall–Kier alpha value is -2.13. The van der Waals surface area contributed by atoms with Gasteiger partial charge in [0.15, 0.2) is 0 Å². The van der Waals surface area contributed by atoms with Crippen molar-refractivity contribution in [2.75, 3.05) is 18.4 Å². The van der Waals surface area contributed by atoms with Crippen LogP contribution in [-0.2, 0) is 12.8 Å². The van der Waals surface area contributed by atoms with E-state index in [0.717, 1.165) is 37.2 Å². The quantitative estimate of drug-likeness (QED) is 0.877. The van der Waals surface area contributed by atoms with E-state index in [1.165, 1.54) is 11.1 Å². The smallest absolute Gasteiger partial charge is 0.255 e. The van der Waals surface area contributed by atoms with Crippen LogP contribution >= 0.6 is 0 Å². The van der Waals surface area contributed by atoms with Gasteiger partial charge in [-0.2, -0.15) is 0 Å². The maximum atomic E-state index is 12.3. The van der Waals surface area contributed by atoms with Crippen molar-refractivity contribution in [2.45, 2.75) is 12.8 Å². The van der Waals surface area contributed by atoms with Crippen LogP contribution in [0.25, 0.3) is 0 Å². The van der Waals surface area contributed by atoms with E-state index < -0.39 is 0 Å². The van der Waals surface area contributed by atoms with E-state index in [1.54, 1.807) is 0 Å². The fourth-order valence-corrected chi connectivity index (χ4v) is 2.54. The minimum Gasteiger partial charge on any atom is -0.322 e. The first-order valence-electron chi connectivity index (χ1n) is 7.02. The lowest BCUT2D eigenvalue weighted by Gasteiger charge is -2.09. The molecule has 0 aromatic heterocycles. The van der Waals surface area contributed by atoms with E-state index in [9.17, 15) is 4.79 Å². The molecule has 3 rings (SSSR count). The van der Waals surface area contributed by atoms with Crippen molar-refractivity contribution in [3.8, 4) is 0 Å². The molecule has 0 fully saturated rings. The number of amides is 1. The molecule has 0 bridgehead atoms. The molecule has 1 heterocycles. The summed E-state index contributed by atoms with van der Waals surface area (Å²) < 4.78 is 0. The van der Waals surface area contributed by atoms with Crippen molar-refractivity contribution >= 4 is 11.6 Å². The Morgan fingerprint density at radius 2 is 1.70 bits per heavy atom. The van der Waals surface area contributed by atoms with Crippen LogP contribution in [0.3, 0.4) is 0 Å². The van der Waals surface area contributed by atoms with Crippen molar-refractivity contribution in [2.24, 2.45) is 0 Å². The summed E-state index contributed by atoms with van der Waals surface area (Å²) in [5.41, 5.74) is 4.20. The second-order valence-electron chi connectivity index (χ2n) is 5.05. The van der Waals surface area contributed by atoms with E-state index in [0.29, 0.717) is 0 Å². The summed E-state index contributed by atoms with van der Waals surface area (Å²) in [7, 11) is 0. The predicted molar refractivity (Wildman–Crippen MR) is 81.1 cm³/mol. The SMILES string of the molecule is O=C(Nc1ccccc1)c1ccc2c(c1)CCNCC2. The van der Waals surface area contributed by atoms with Crippen LogP contribution in [0, 0.1) is 0 Å². The Morgan fingerprint density at radius 3 is 2.50 bits per heavy atom. The highest BCUT2D eigenvalue weighted by molar-refractivity contribution is 6.04. The van der Waals surface area contributed by atoms with Gasteiger partial charge < -0.3 is 10.6 Å². The van der Waals surface area contributed by atoms with E-state index >= 15 is 0 Å². The third kappa shape index (κ3) is 2.89. The largest absolute Gasteiger partial charge is 0.322 e. The molecule has 0 radical (unpaired) electrons. The van der Waals surface area contributed by atoms with Crippen molar-refractivity contribution in [1.29, 1.82) is 0 Å². The molecule has 1 amide bonds. The van der Waals surface area contributed by atoms with Gasteiger partial charge in [-0.15, -0.1) is 0 Å². The Labute approximate surface area is 119 Å². The zero-order valence-electron chi connectivity index (χ0n) is 11.4. The second kappa shape index (κ2) is 5.88. The first-order chi connectivity index (χ1) is 9.83. The average Bonchev–Trinajstić information content (AvgIpc) is 2.72. The Kier molecular flexibility index (Phi) is 3.79. The van der Waals surface area contributed by atoms with Gasteiger partial charge in [0.2, 0.25) is 0 Å². The molecule has 1 aliphatic heterocycles. The lowest BCUT2D eigenvalue weighted by molar-refractivity contribution is 0.102. The van der Waals surface area contributed by atoms with Crippen LogP contribution in [0.5, 0.6) is 0 Å². The normalized spacial score (nSPS) is 14.2. The number of hydrogen-bond donors (Lipinski definition) is 2. The molecule has 0 saturated carbocycles. The number of carbonyl (C=O) groups excluding carboxylic acids is 1. The maximum Gasteiger partial charge on any atom is 0.255 e. The molecule has 0 saturated heterocycles. The van der Waals surface area contributed by atoms with Crippen molar-refractivity contribution in [3.63, 3.8) is 0 Å². The Morgan fingerprint density at radius 1 is 0.950 bits per heavy atom. The van der Waals surface area contributed by atoms with Crippen LogP contribution in [0.1, 0.15) is 21.5 Å². The summed E-state index contributed by atoms with van der Waals surface area (Å²) in [5.74, 6) is -0.0452. The number of para-hydroxylation sites is 1. The summed E-state index contributed by atoms with van der Waals surface area (Å²) in [6.07, 6.45) is 2.03. The third-order valence-electron chi connectivity index (χ3n) is 3.64. The number of anilines is 1. The number of benzene rings is 2. The van der Waals surface area contributed by atoms with Gasteiger partial charge in [-0.25, -0.2) is 0 Å². The van der Waals surface area contributed by atoms with Crippen LogP contribution in [-0.4, -0.2) is 19.0 Å². The van der Waals surface area contributed by atoms with Crippen molar-refractivity contribution in [3.05, 3.63) is 65.2 Å². The van der Waals surface area contributed by atoms with Gasteiger partial charge in [0.25, 0.3) is 5.91 Å². The van der Waals surface area contributed by atoms with Gasteiger partial charge >= 0.3 is 0 Å². The fraction of sp³-hybridized carbons (Fsp3) is 0.235. The number of nitrogens with one attached hydrogen (secondary N) is 2. The third-order valence-corrected chi connectivity index (χ3v) is 3.64. The van der Waals surface area contributed by atoms with E-state index in [2.05, 4.69) is 16.7 Å². The molecule has 2 aromatic rings. The molecule has 0 aliphatic carbocycles. The van der Waals surface area contributed by atoms with E-state index in [-0.39, 0.29) is 5.91 Å². The minimum absolute atomic E-state index is 0.0452. The number of fused-ring (bicyclic) bond motifs is 1.